The molecule has 0 spiro atoms. The third-order valence-electron chi connectivity index (χ3n) is 6.30. The van der Waals surface area contributed by atoms with Crippen molar-refractivity contribution in [2.24, 2.45) is 0 Å². The molecule has 0 saturated heterocycles. The number of ether oxygens (including phenoxy) is 1. The number of nitrogens with one attached hydrogen (secondary N) is 1. The van der Waals surface area contributed by atoms with Gasteiger partial charge in [-0.2, -0.15) is 13.2 Å². The fourth-order valence-corrected chi connectivity index (χ4v) is 4.01. The standard InChI is InChI=1S/C32H33N3O2.C2HF3O2/c1-37-21-20-34-22-27-9-14-30(15-10-27)31-16-11-28(12-17-31)24-35(25-29-8-5-19-33-23-29)32(36)18-13-26-6-3-2-4-7-26;3-2(4,5)1(6)7/h2-19,23,34H,20-22,24-25H2,1H3;(H,6,7)/b18-13+;. The van der Waals surface area contributed by atoms with Gasteiger partial charge < -0.3 is 20.1 Å². The zero-order valence-electron chi connectivity index (χ0n) is 24.2. The Kier molecular flexibility index (Phi) is 13.3. The van der Waals surface area contributed by atoms with Crippen LogP contribution in [0.1, 0.15) is 22.3 Å². The van der Waals surface area contributed by atoms with Crippen LogP contribution in [0, 0.1) is 0 Å². The first-order valence-electron chi connectivity index (χ1n) is 13.7. The summed E-state index contributed by atoms with van der Waals surface area (Å²) in [5, 5.41) is 10.5. The highest BCUT2D eigenvalue weighted by atomic mass is 19.4. The normalized spacial score (nSPS) is 11.1. The molecule has 7 nitrogen and oxygen atoms in total. The van der Waals surface area contributed by atoms with E-state index in [0.29, 0.717) is 19.7 Å². The topological polar surface area (TPSA) is 91.8 Å². The molecule has 0 unspecified atom stereocenters. The minimum absolute atomic E-state index is 0.0357. The molecule has 0 aliphatic carbocycles. The van der Waals surface area contributed by atoms with E-state index in [1.165, 1.54) is 11.1 Å². The fraction of sp³-hybridized carbons (Fsp3) is 0.206. The number of carboxylic acids is 1. The Bertz CT molecular complexity index is 1460. The van der Waals surface area contributed by atoms with Crippen molar-refractivity contribution in [3.63, 3.8) is 0 Å². The molecule has 10 heteroatoms. The Labute approximate surface area is 254 Å². The van der Waals surface area contributed by atoms with Gasteiger partial charge in [-0.05, 0) is 45.5 Å². The summed E-state index contributed by atoms with van der Waals surface area (Å²) >= 11 is 0. The van der Waals surface area contributed by atoms with E-state index in [4.69, 9.17) is 14.6 Å². The molecule has 4 rings (SSSR count). The molecule has 0 radical (unpaired) electrons. The predicted molar refractivity (Wildman–Crippen MR) is 163 cm³/mol. The Hall–Kier alpha value is -4.80. The van der Waals surface area contributed by atoms with Gasteiger partial charge in [-0.3, -0.25) is 9.78 Å². The van der Waals surface area contributed by atoms with Gasteiger partial charge in [0.25, 0.3) is 0 Å². The van der Waals surface area contributed by atoms with Crippen LogP contribution in [0.5, 0.6) is 0 Å². The highest BCUT2D eigenvalue weighted by molar-refractivity contribution is 5.91. The summed E-state index contributed by atoms with van der Waals surface area (Å²) in [4.78, 5) is 28.1. The average Bonchev–Trinajstić information content (AvgIpc) is 3.03. The molecule has 3 aromatic carbocycles. The van der Waals surface area contributed by atoms with Crippen LogP contribution >= 0.6 is 0 Å². The number of carboxylic acid groups (broad SMARTS) is 1. The summed E-state index contributed by atoms with van der Waals surface area (Å²) in [6.07, 6.45) is 1.97. The molecule has 1 heterocycles. The molecule has 230 valence electrons. The maximum Gasteiger partial charge on any atom is 0.490 e. The zero-order chi connectivity index (χ0) is 31.8. The largest absolute Gasteiger partial charge is 0.490 e. The first-order chi connectivity index (χ1) is 21.2. The van der Waals surface area contributed by atoms with Gasteiger partial charge in [0.05, 0.1) is 6.61 Å². The van der Waals surface area contributed by atoms with Crippen LogP contribution in [-0.4, -0.2) is 53.3 Å². The van der Waals surface area contributed by atoms with Crippen LogP contribution < -0.4 is 5.32 Å². The van der Waals surface area contributed by atoms with Gasteiger partial charge in [0, 0.05) is 51.8 Å². The van der Waals surface area contributed by atoms with Crippen molar-refractivity contribution < 1.29 is 32.6 Å². The van der Waals surface area contributed by atoms with E-state index < -0.39 is 12.1 Å². The van der Waals surface area contributed by atoms with E-state index in [0.717, 1.165) is 35.3 Å². The number of aliphatic carboxylic acids is 1. The van der Waals surface area contributed by atoms with Crippen molar-refractivity contribution in [2.75, 3.05) is 20.3 Å². The number of benzene rings is 3. The molecule has 44 heavy (non-hydrogen) atoms. The number of carbonyl (C=O) groups excluding carboxylic acids is 1. The lowest BCUT2D eigenvalue weighted by Crippen LogP contribution is -2.28. The van der Waals surface area contributed by atoms with Gasteiger partial charge in [-0.25, -0.2) is 4.79 Å². The molecule has 0 aliphatic rings. The van der Waals surface area contributed by atoms with Crippen molar-refractivity contribution in [1.82, 2.24) is 15.2 Å². The number of nitrogens with zero attached hydrogens (tertiary/aromatic N) is 2. The summed E-state index contributed by atoms with van der Waals surface area (Å²) in [6, 6.07) is 30.8. The van der Waals surface area contributed by atoms with Gasteiger partial charge in [0.2, 0.25) is 5.91 Å². The Morgan fingerprint density at radius 3 is 2.00 bits per heavy atom. The van der Waals surface area contributed by atoms with Crippen LogP contribution in [0.2, 0.25) is 0 Å². The lowest BCUT2D eigenvalue weighted by atomic mass is 10.0. The molecule has 0 atom stereocenters. The summed E-state index contributed by atoms with van der Waals surface area (Å²) < 4.78 is 36.8. The molecule has 1 amide bonds. The lowest BCUT2D eigenvalue weighted by Gasteiger charge is -2.22. The monoisotopic (exact) mass is 605 g/mol. The van der Waals surface area contributed by atoms with Crippen LogP contribution in [-0.2, 0) is 34.0 Å². The first-order valence-corrected chi connectivity index (χ1v) is 13.7. The number of rotatable bonds is 12. The van der Waals surface area contributed by atoms with E-state index >= 15 is 0 Å². The number of alkyl halides is 3. The highest BCUT2D eigenvalue weighted by Crippen LogP contribution is 2.22. The second kappa shape index (κ2) is 17.3. The number of hydrogen-bond acceptors (Lipinski definition) is 5. The number of amides is 1. The molecule has 2 N–H and O–H groups in total. The number of pyridine rings is 1. The average molecular weight is 606 g/mol. The molecule has 4 aromatic rings. The first kappa shape index (κ1) is 33.7. The zero-order valence-corrected chi connectivity index (χ0v) is 24.2. The second-order valence-electron chi connectivity index (χ2n) is 9.67. The molecule has 0 fully saturated rings. The molecular weight excluding hydrogens is 571 g/mol. The molecule has 0 aliphatic heterocycles. The summed E-state index contributed by atoms with van der Waals surface area (Å²) in [6.45, 7) is 3.37. The van der Waals surface area contributed by atoms with Gasteiger partial charge in [-0.1, -0.05) is 84.9 Å². The Balaban J connectivity index is 0.000000676. The predicted octanol–water partition coefficient (Wildman–Crippen LogP) is 6.36. The Morgan fingerprint density at radius 1 is 0.864 bits per heavy atom. The van der Waals surface area contributed by atoms with Crippen LogP contribution in [0.4, 0.5) is 13.2 Å². The molecule has 0 bridgehead atoms. The highest BCUT2D eigenvalue weighted by Gasteiger charge is 2.38. The molecular formula is C34H34F3N3O4. The van der Waals surface area contributed by atoms with Crippen LogP contribution in [0.3, 0.4) is 0 Å². The number of carbonyl (C=O) groups is 2. The SMILES string of the molecule is COCCNCc1ccc(-c2ccc(CN(Cc3cccnc3)C(=O)/C=C/c3ccccc3)cc2)cc1.O=C(O)C(F)(F)F. The van der Waals surface area contributed by atoms with Gasteiger partial charge in [0.15, 0.2) is 0 Å². The number of halogens is 3. The summed E-state index contributed by atoms with van der Waals surface area (Å²) in [7, 11) is 1.71. The second-order valence-corrected chi connectivity index (χ2v) is 9.67. The van der Waals surface area contributed by atoms with E-state index in [2.05, 4.69) is 58.8 Å². The van der Waals surface area contributed by atoms with Crippen molar-refractivity contribution in [1.29, 1.82) is 0 Å². The van der Waals surface area contributed by atoms with Crippen molar-refractivity contribution in [2.45, 2.75) is 25.8 Å². The van der Waals surface area contributed by atoms with Crippen molar-refractivity contribution in [3.05, 3.63) is 132 Å². The maximum absolute atomic E-state index is 13.2. The molecule has 0 saturated carbocycles. The van der Waals surface area contributed by atoms with E-state index in [-0.39, 0.29) is 5.91 Å². The number of methoxy groups -OCH3 is 1. The lowest BCUT2D eigenvalue weighted by molar-refractivity contribution is -0.192. The number of hydrogen-bond donors (Lipinski definition) is 2. The third-order valence-corrected chi connectivity index (χ3v) is 6.30. The van der Waals surface area contributed by atoms with Crippen molar-refractivity contribution >= 4 is 18.0 Å². The summed E-state index contributed by atoms with van der Waals surface area (Å²) in [5.41, 5.74) is 6.63. The maximum atomic E-state index is 13.2. The minimum atomic E-state index is -5.08. The van der Waals surface area contributed by atoms with Gasteiger partial charge in [0.1, 0.15) is 0 Å². The third kappa shape index (κ3) is 11.8. The van der Waals surface area contributed by atoms with Crippen LogP contribution in [0.15, 0.2) is 109 Å². The quantitative estimate of drug-likeness (QED) is 0.144. The number of aromatic nitrogens is 1. The van der Waals surface area contributed by atoms with Gasteiger partial charge >= 0.3 is 12.1 Å². The smallest absolute Gasteiger partial charge is 0.475 e. The molecule has 1 aromatic heterocycles. The fourth-order valence-electron chi connectivity index (χ4n) is 4.01. The van der Waals surface area contributed by atoms with E-state index in [1.807, 2.05) is 53.4 Å². The van der Waals surface area contributed by atoms with Crippen LogP contribution in [0.25, 0.3) is 17.2 Å². The Morgan fingerprint density at radius 2 is 1.45 bits per heavy atom. The van der Waals surface area contributed by atoms with Gasteiger partial charge in [-0.15, -0.1) is 0 Å². The van der Waals surface area contributed by atoms with E-state index in [9.17, 15) is 18.0 Å². The summed E-state index contributed by atoms with van der Waals surface area (Å²) in [5.74, 6) is -2.79. The van der Waals surface area contributed by atoms with E-state index in [1.54, 1.807) is 25.6 Å². The van der Waals surface area contributed by atoms with Crippen molar-refractivity contribution in [3.8, 4) is 11.1 Å². The minimum Gasteiger partial charge on any atom is -0.475 e.